The van der Waals surface area contributed by atoms with Crippen LogP contribution in [0.1, 0.15) is 58.3 Å². The van der Waals surface area contributed by atoms with Gasteiger partial charge in [-0.1, -0.05) is 20.8 Å². The number of hydrogen-bond donors (Lipinski definition) is 2. The first kappa shape index (κ1) is 23.2. The quantitative estimate of drug-likeness (QED) is 0.274. The average molecular weight is 449 g/mol. The van der Waals surface area contributed by atoms with Crippen molar-refractivity contribution in [3.05, 3.63) is 17.5 Å². The Balaban J connectivity index is 0.00000529. The van der Waals surface area contributed by atoms with Gasteiger partial charge in [0.2, 0.25) is 0 Å². The molecule has 0 fully saturated rings. The van der Waals surface area contributed by atoms with Gasteiger partial charge >= 0.3 is 0 Å². The van der Waals surface area contributed by atoms with E-state index in [1.807, 2.05) is 6.92 Å². The lowest BCUT2D eigenvalue weighted by Gasteiger charge is -2.18. The zero-order chi connectivity index (χ0) is 17.3. The van der Waals surface area contributed by atoms with Crippen molar-refractivity contribution in [1.82, 2.24) is 20.4 Å². The maximum absolute atomic E-state index is 4.65. The van der Waals surface area contributed by atoms with E-state index in [0.29, 0.717) is 5.41 Å². The first-order valence-corrected chi connectivity index (χ1v) is 8.85. The molecule has 0 aliphatic rings. The van der Waals surface area contributed by atoms with E-state index in [-0.39, 0.29) is 24.0 Å². The van der Waals surface area contributed by atoms with Gasteiger partial charge in [-0.15, -0.1) is 24.0 Å². The van der Waals surface area contributed by atoms with Crippen LogP contribution in [0.5, 0.6) is 0 Å². The van der Waals surface area contributed by atoms with Gasteiger partial charge in [0, 0.05) is 31.9 Å². The monoisotopic (exact) mass is 449 g/mol. The predicted molar refractivity (Wildman–Crippen MR) is 114 cm³/mol. The molecule has 1 aromatic heterocycles. The molecule has 0 atom stereocenters. The number of hydrogen-bond acceptors (Lipinski definition) is 2. The van der Waals surface area contributed by atoms with Gasteiger partial charge in [0.15, 0.2) is 5.96 Å². The van der Waals surface area contributed by atoms with Crippen LogP contribution in [0.2, 0.25) is 0 Å². The molecule has 0 amide bonds. The molecule has 0 unspecified atom stereocenters. The molecule has 1 rings (SSSR count). The SMILES string of the molecule is CCNC(=NCCCn1nc(C)cc1C)NCCCC(C)(C)C.I. The number of guanidine groups is 1. The molecule has 1 heterocycles. The summed E-state index contributed by atoms with van der Waals surface area (Å²) in [5.41, 5.74) is 2.70. The molecule has 1 aromatic rings. The van der Waals surface area contributed by atoms with Gasteiger partial charge in [0.05, 0.1) is 5.69 Å². The van der Waals surface area contributed by atoms with Crippen molar-refractivity contribution in [2.75, 3.05) is 19.6 Å². The van der Waals surface area contributed by atoms with Gasteiger partial charge in [-0.2, -0.15) is 5.10 Å². The molecular formula is C18H36IN5. The van der Waals surface area contributed by atoms with Crippen molar-refractivity contribution in [3.8, 4) is 0 Å². The minimum absolute atomic E-state index is 0. The molecule has 0 bridgehead atoms. The molecule has 0 saturated carbocycles. The summed E-state index contributed by atoms with van der Waals surface area (Å²) in [6.45, 7) is 16.7. The van der Waals surface area contributed by atoms with Gasteiger partial charge in [0.1, 0.15) is 0 Å². The van der Waals surface area contributed by atoms with Gasteiger partial charge in [0.25, 0.3) is 0 Å². The fraction of sp³-hybridized carbons (Fsp3) is 0.778. The first-order chi connectivity index (χ1) is 10.8. The number of aryl methyl sites for hydroxylation is 3. The summed E-state index contributed by atoms with van der Waals surface area (Å²) >= 11 is 0. The molecule has 0 radical (unpaired) electrons. The van der Waals surface area contributed by atoms with Crippen molar-refractivity contribution >= 4 is 29.9 Å². The summed E-state index contributed by atoms with van der Waals surface area (Å²) in [4.78, 5) is 4.65. The van der Waals surface area contributed by atoms with Crippen LogP contribution in [-0.4, -0.2) is 35.4 Å². The Morgan fingerprint density at radius 3 is 2.46 bits per heavy atom. The molecule has 2 N–H and O–H groups in total. The van der Waals surface area contributed by atoms with Crippen LogP contribution >= 0.6 is 24.0 Å². The topological polar surface area (TPSA) is 54.2 Å². The van der Waals surface area contributed by atoms with E-state index in [1.54, 1.807) is 0 Å². The second-order valence-electron chi connectivity index (χ2n) is 7.36. The van der Waals surface area contributed by atoms with Crippen LogP contribution in [0, 0.1) is 19.3 Å². The normalized spacial score (nSPS) is 12.0. The zero-order valence-corrected chi connectivity index (χ0v) is 18.6. The molecule has 0 saturated heterocycles. The Morgan fingerprint density at radius 2 is 1.92 bits per heavy atom. The number of rotatable bonds is 8. The van der Waals surface area contributed by atoms with Crippen LogP contribution in [0.15, 0.2) is 11.1 Å². The van der Waals surface area contributed by atoms with Crippen LogP contribution < -0.4 is 10.6 Å². The van der Waals surface area contributed by atoms with E-state index in [1.165, 1.54) is 18.5 Å². The summed E-state index contributed by atoms with van der Waals surface area (Å²) in [6.07, 6.45) is 3.39. The van der Waals surface area contributed by atoms with Gasteiger partial charge in [-0.3, -0.25) is 9.67 Å². The largest absolute Gasteiger partial charge is 0.357 e. The van der Waals surface area contributed by atoms with Crippen molar-refractivity contribution in [1.29, 1.82) is 0 Å². The fourth-order valence-corrected chi connectivity index (χ4v) is 2.48. The molecule has 0 aliphatic carbocycles. The Morgan fingerprint density at radius 1 is 1.21 bits per heavy atom. The van der Waals surface area contributed by atoms with Crippen molar-refractivity contribution < 1.29 is 0 Å². The summed E-state index contributed by atoms with van der Waals surface area (Å²) < 4.78 is 2.06. The zero-order valence-electron chi connectivity index (χ0n) is 16.3. The molecular weight excluding hydrogens is 413 g/mol. The summed E-state index contributed by atoms with van der Waals surface area (Å²) in [5.74, 6) is 0.926. The summed E-state index contributed by atoms with van der Waals surface area (Å²) in [5, 5.41) is 11.2. The molecule has 140 valence electrons. The molecule has 5 nitrogen and oxygen atoms in total. The van der Waals surface area contributed by atoms with Crippen LogP contribution in [0.4, 0.5) is 0 Å². The van der Waals surface area contributed by atoms with Gasteiger partial charge in [-0.05, 0) is 51.5 Å². The number of aliphatic imine (C=N–C) groups is 1. The fourth-order valence-electron chi connectivity index (χ4n) is 2.48. The lowest BCUT2D eigenvalue weighted by Crippen LogP contribution is -2.38. The Hall–Kier alpha value is -0.790. The van der Waals surface area contributed by atoms with Gasteiger partial charge < -0.3 is 10.6 Å². The number of halogens is 1. The highest BCUT2D eigenvalue weighted by molar-refractivity contribution is 14.0. The molecule has 6 heteroatoms. The van der Waals surface area contributed by atoms with Crippen LogP contribution in [0.25, 0.3) is 0 Å². The average Bonchev–Trinajstić information content (AvgIpc) is 2.76. The number of aromatic nitrogens is 2. The van der Waals surface area contributed by atoms with E-state index < -0.39 is 0 Å². The highest BCUT2D eigenvalue weighted by Crippen LogP contribution is 2.19. The third-order valence-electron chi connectivity index (χ3n) is 3.64. The highest BCUT2D eigenvalue weighted by Gasteiger charge is 2.09. The Kier molecular flexibility index (Phi) is 11.3. The van der Waals surface area contributed by atoms with Gasteiger partial charge in [-0.25, -0.2) is 0 Å². The summed E-state index contributed by atoms with van der Waals surface area (Å²) in [7, 11) is 0. The number of nitrogens with one attached hydrogen (secondary N) is 2. The molecule has 0 aromatic carbocycles. The maximum atomic E-state index is 4.65. The van der Waals surface area contributed by atoms with Crippen molar-refractivity contribution in [2.24, 2.45) is 10.4 Å². The first-order valence-electron chi connectivity index (χ1n) is 8.85. The highest BCUT2D eigenvalue weighted by atomic mass is 127. The van der Waals surface area contributed by atoms with Crippen LogP contribution in [-0.2, 0) is 6.54 Å². The predicted octanol–water partition coefficient (Wildman–Crippen LogP) is 3.89. The van der Waals surface area contributed by atoms with Crippen molar-refractivity contribution in [3.63, 3.8) is 0 Å². The van der Waals surface area contributed by atoms with E-state index in [0.717, 1.165) is 44.3 Å². The summed E-state index contributed by atoms with van der Waals surface area (Å²) in [6, 6.07) is 2.12. The van der Waals surface area contributed by atoms with E-state index >= 15 is 0 Å². The molecule has 0 aliphatic heterocycles. The lowest BCUT2D eigenvalue weighted by atomic mass is 9.91. The Bertz CT molecular complexity index is 488. The standard InChI is InChI=1S/C18H35N5.HI/c1-7-19-17(20-11-8-10-18(4,5)6)21-12-9-13-23-16(3)14-15(2)22-23;/h14H,7-13H2,1-6H3,(H2,19,20,21);1H. The third-order valence-corrected chi connectivity index (χ3v) is 3.64. The molecule has 0 spiro atoms. The smallest absolute Gasteiger partial charge is 0.191 e. The lowest BCUT2D eigenvalue weighted by molar-refractivity contribution is 0.365. The minimum atomic E-state index is 0. The Labute approximate surface area is 165 Å². The van der Waals surface area contributed by atoms with E-state index in [9.17, 15) is 0 Å². The molecule has 24 heavy (non-hydrogen) atoms. The number of nitrogens with zero attached hydrogens (tertiary/aromatic N) is 3. The maximum Gasteiger partial charge on any atom is 0.191 e. The van der Waals surface area contributed by atoms with Crippen molar-refractivity contribution in [2.45, 2.75) is 67.3 Å². The van der Waals surface area contributed by atoms with Crippen LogP contribution in [0.3, 0.4) is 0 Å². The second-order valence-corrected chi connectivity index (χ2v) is 7.36. The second kappa shape index (κ2) is 11.7. The van der Waals surface area contributed by atoms with E-state index in [4.69, 9.17) is 0 Å². The van der Waals surface area contributed by atoms with E-state index in [2.05, 4.69) is 66.1 Å². The minimum Gasteiger partial charge on any atom is -0.357 e. The third kappa shape index (κ3) is 10.2.